The van der Waals surface area contributed by atoms with E-state index in [4.69, 9.17) is 0 Å². The molecule has 112 valence electrons. The first-order chi connectivity index (χ1) is 10.5. The average molecular weight is 310 g/mol. The highest BCUT2D eigenvalue weighted by molar-refractivity contribution is 7.10. The molecule has 0 saturated carbocycles. The van der Waals surface area contributed by atoms with Crippen LogP contribution in [-0.4, -0.2) is 10.9 Å². The molecule has 1 atom stereocenters. The van der Waals surface area contributed by atoms with Gasteiger partial charge in [0.1, 0.15) is 0 Å². The lowest BCUT2D eigenvalue weighted by molar-refractivity contribution is 0.0939. The van der Waals surface area contributed by atoms with E-state index in [1.807, 2.05) is 62.5 Å². The van der Waals surface area contributed by atoms with Gasteiger partial charge in [-0.3, -0.25) is 9.78 Å². The lowest BCUT2D eigenvalue weighted by Gasteiger charge is -2.14. The van der Waals surface area contributed by atoms with E-state index >= 15 is 0 Å². The van der Waals surface area contributed by atoms with Crippen LogP contribution >= 0.6 is 11.3 Å². The number of nitrogens with zero attached hydrogens (tertiary/aromatic N) is 1. The first kappa shape index (κ1) is 14.7. The summed E-state index contributed by atoms with van der Waals surface area (Å²) in [6.45, 7) is 5.92. The molecule has 3 rings (SSSR count). The minimum atomic E-state index is -0.0756. The Kier molecular flexibility index (Phi) is 3.94. The molecule has 22 heavy (non-hydrogen) atoms. The van der Waals surface area contributed by atoms with Crippen LogP contribution in [0.3, 0.4) is 0 Å². The van der Waals surface area contributed by atoms with Crippen molar-refractivity contribution in [1.29, 1.82) is 0 Å². The molecule has 0 unspecified atom stereocenters. The fourth-order valence-electron chi connectivity index (χ4n) is 2.49. The van der Waals surface area contributed by atoms with Gasteiger partial charge in [-0.2, -0.15) is 0 Å². The van der Waals surface area contributed by atoms with Crippen LogP contribution in [0.25, 0.3) is 10.9 Å². The Morgan fingerprint density at radius 2 is 2.05 bits per heavy atom. The lowest BCUT2D eigenvalue weighted by Crippen LogP contribution is -2.27. The summed E-state index contributed by atoms with van der Waals surface area (Å²) in [4.78, 5) is 18.3. The highest BCUT2D eigenvalue weighted by Gasteiger charge is 2.15. The van der Waals surface area contributed by atoms with Crippen LogP contribution in [-0.2, 0) is 0 Å². The van der Waals surface area contributed by atoms with E-state index in [2.05, 4.69) is 10.3 Å². The molecule has 0 aliphatic carbocycles. The smallest absolute Gasteiger partial charge is 0.253 e. The second kappa shape index (κ2) is 5.89. The van der Waals surface area contributed by atoms with Gasteiger partial charge in [-0.1, -0.05) is 18.2 Å². The van der Waals surface area contributed by atoms with E-state index in [1.54, 1.807) is 11.3 Å². The molecule has 0 saturated heterocycles. The molecule has 0 spiro atoms. The highest BCUT2D eigenvalue weighted by atomic mass is 32.1. The number of pyridine rings is 1. The molecule has 4 heteroatoms. The normalized spacial score (nSPS) is 12.3. The van der Waals surface area contributed by atoms with Gasteiger partial charge in [0, 0.05) is 10.3 Å². The minimum absolute atomic E-state index is 0.000569. The Labute approximate surface area is 134 Å². The number of carbonyl (C=O) groups excluding carboxylic acids is 1. The highest BCUT2D eigenvalue weighted by Crippen LogP contribution is 2.21. The van der Waals surface area contributed by atoms with E-state index in [1.165, 1.54) is 5.56 Å². The van der Waals surface area contributed by atoms with Crippen LogP contribution < -0.4 is 5.32 Å². The van der Waals surface area contributed by atoms with E-state index in [-0.39, 0.29) is 11.9 Å². The monoisotopic (exact) mass is 310 g/mol. The molecular formula is C18H18N2OS. The number of thiophene rings is 1. The third kappa shape index (κ3) is 2.88. The molecule has 3 nitrogen and oxygen atoms in total. The van der Waals surface area contributed by atoms with Crippen LogP contribution in [0, 0.1) is 13.8 Å². The topological polar surface area (TPSA) is 42.0 Å². The summed E-state index contributed by atoms with van der Waals surface area (Å²) in [7, 11) is 0. The Morgan fingerprint density at radius 3 is 2.77 bits per heavy atom. The number of nitrogens with one attached hydrogen (secondary N) is 1. The maximum absolute atomic E-state index is 12.5. The molecule has 0 bridgehead atoms. The molecule has 0 aliphatic rings. The second-order valence-electron chi connectivity index (χ2n) is 5.53. The van der Waals surface area contributed by atoms with Crippen LogP contribution in [0.5, 0.6) is 0 Å². The molecule has 0 radical (unpaired) electrons. The van der Waals surface area contributed by atoms with Gasteiger partial charge in [0.25, 0.3) is 5.91 Å². The number of aromatic nitrogens is 1. The number of fused-ring (bicyclic) bond motifs is 1. The Bertz CT molecular complexity index is 824. The Morgan fingerprint density at radius 1 is 1.23 bits per heavy atom. The first-order valence-electron chi connectivity index (χ1n) is 7.27. The number of amides is 1. The molecule has 3 aromatic rings. The van der Waals surface area contributed by atoms with Crippen molar-refractivity contribution in [3.05, 3.63) is 63.5 Å². The summed E-state index contributed by atoms with van der Waals surface area (Å²) in [6, 6.07) is 12.0. The third-order valence-electron chi connectivity index (χ3n) is 3.73. The molecule has 0 aliphatic heterocycles. The summed E-state index contributed by atoms with van der Waals surface area (Å²) in [6.07, 6.45) is 0. The van der Waals surface area contributed by atoms with Crippen LogP contribution in [0.1, 0.15) is 39.5 Å². The molecule has 0 fully saturated rings. The summed E-state index contributed by atoms with van der Waals surface area (Å²) < 4.78 is 0. The van der Waals surface area contributed by atoms with E-state index in [9.17, 15) is 4.79 Å². The first-order valence-corrected chi connectivity index (χ1v) is 8.15. The SMILES string of the molecule is Cc1ccc2cc(C(=O)N[C@@H](C)c3cccs3)c(C)nc2c1. The van der Waals surface area contributed by atoms with E-state index in [0.29, 0.717) is 5.56 Å². The van der Waals surface area contributed by atoms with Crippen molar-refractivity contribution < 1.29 is 4.79 Å². The van der Waals surface area contributed by atoms with Crippen LogP contribution in [0.2, 0.25) is 0 Å². The van der Waals surface area contributed by atoms with Crippen molar-refractivity contribution in [3.8, 4) is 0 Å². The maximum atomic E-state index is 12.5. The quantitative estimate of drug-likeness (QED) is 0.779. The van der Waals surface area contributed by atoms with Gasteiger partial charge in [-0.15, -0.1) is 11.3 Å². The summed E-state index contributed by atoms with van der Waals surface area (Å²) in [5.41, 5.74) is 3.50. The van der Waals surface area contributed by atoms with E-state index < -0.39 is 0 Å². The molecule has 1 amide bonds. The fraction of sp³-hybridized carbons (Fsp3) is 0.222. The number of hydrogen-bond donors (Lipinski definition) is 1. The lowest BCUT2D eigenvalue weighted by atomic mass is 10.1. The fourth-order valence-corrected chi connectivity index (χ4v) is 3.22. The molecular weight excluding hydrogens is 292 g/mol. The van der Waals surface area contributed by atoms with Crippen molar-refractivity contribution in [2.75, 3.05) is 0 Å². The number of aryl methyl sites for hydroxylation is 2. The third-order valence-corrected chi connectivity index (χ3v) is 4.78. The van der Waals surface area contributed by atoms with Gasteiger partial charge < -0.3 is 5.32 Å². The zero-order valence-corrected chi connectivity index (χ0v) is 13.7. The van der Waals surface area contributed by atoms with Crippen molar-refractivity contribution in [1.82, 2.24) is 10.3 Å². The largest absolute Gasteiger partial charge is 0.345 e. The summed E-state index contributed by atoms with van der Waals surface area (Å²) in [5.74, 6) is -0.0756. The van der Waals surface area contributed by atoms with Gasteiger partial charge in [0.05, 0.1) is 22.8 Å². The van der Waals surface area contributed by atoms with Crippen molar-refractivity contribution in [2.24, 2.45) is 0 Å². The maximum Gasteiger partial charge on any atom is 0.253 e. The predicted molar refractivity (Wildman–Crippen MR) is 91.4 cm³/mol. The summed E-state index contributed by atoms with van der Waals surface area (Å²) in [5, 5.41) is 6.05. The van der Waals surface area contributed by atoms with Gasteiger partial charge in [0.15, 0.2) is 0 Å². The van der Waals surface area contributed by atoms with Crippen molar-refractivity contribution >= 4 is 28.1 Å². The zero-order valence-electron chi connectivity index (χ0n) is 12.9. The summed E-state index contributed by atoms with van der Waals surface area (Å²) >= 11 is 1.65. The van der Waals surface area contributed by atoms with Gasteiger partial charge in [-0.25, -0.2) is 0 Å². The van der Waals surface area contributed by atoms with E-state index in [0.717, 1.165) is 21.5 Å². The van der Waals surface area contributed by atoms with Crippen molar-refractivity contribution in [3.63, 3.8) is 0 Å². The number of benzene rings is 1. The number of carbonyl (C=O) groups is 1. The van der Waals surface area contributed by atoms with Gasteiger partial charge in [-0.05, 0) is 49.9 Å². The van der Waals surface area contributed by atoms with Crippen LogP contribution in [0.15, 0.2) is 41.8 Å². The molecule has 2 heterocycles. The number of rotatable bonds is 3. The standard InChI is InChI=1S/C18H18N2OS/c1-11-6-7-14-10-15(12(2)19-16(14)9-11)18(21)20-13(3)17-5-4-8-22-17/h4-10,13H,1-3H3,(H,20,21)/t13-/m0/s1. The molecule has 1 N–H and O–H groups in total. The molecule has 2 aromatic heterocycles. The van der Waals surface area contributed by atoms with Crippen molar-refractivity contribution in [2.45, 2.75) is 26.8 Å². The Hall–Kier alpha value is -2.20. The zero-order chi connectivity index (χ0) is 15.7. The van der Waals surface area contributed by atoms with Gasteiger partial charge >= 0.3 is 0 Å². The molecule has 1 aromatic carbocycles. The number of hydrogen-bond acceptors (Lipinski definition) is 3. The minimum Gasteiger partial charge on any atom is -0.345 e. The van der Waals surface area contributed by atoms with Gasteiger partial charge in [0.2, 0.25) is 0 Å². The predicted octanol–water partition coefficient (Wildman–Crippen LogP) is 4.40. The van der Waals surface area contributed by atoms with Crippen LogP contribution in [0.4, 0.5) is 0 Å². The second-order valence-corrected chi connectivity index (χ2v) is 6.51. The Balaban J connectivity index is 1.90. The average Bonchev–Trinajstić information content (AvgIpc) is 3.00.